The van der Waals surface area contributed by atoms with Gasteiger partial charge in [-0.05, 0) is 0 Å². The monoisotopic (exact) mass is 239 g/mol. The molecule has 0 atom stereocenters. The molecule has 0 unspecified atom stereocenters. The molecule has 0 saturated heterocycles. The van der Waals surface area contributed by atoms with E-state index >= 15 is 0 Å². The van der Waals surface area contributed by atoms with Crippen LogP contribution in [0.15, 0.2) is 6.33 Å². The van der Waals surface area contributed by atoms with E-state index in [2.05, 4.69) is 25.3 Å². The summed E-state index contributed by atoms with van der Waals surface area (Å²) >= 11 is 5.89. The summed E-state index contributed by atoms with van der Waals surface area (Å²) in [5.41, 5.74) is 0.989. The molecule has 0 aliphatic rings. The number of halogens is 1. The van der Waals surface area contributed by atoms with Crippen molar-refractivity contribution in [2.24, 2.45) is 5.92 Å². The highest BCUT2D eigenvalue weighted by molar-refractivity contribution is 6.33. The second kappa shape index (κ2) is 4.05. The summed E-state index contributed by atoms with van der Waals surface area (Å²) in [6.07, 6.45) is 1.47. The molecule has 0 aliphatic heterocycles. The standard InChI is InChI=1S/C9H10ClN5O/c1-4(2)8(16)15-9-13-6(10)5-7(14-9)12-3-11-5/h3-4H,1-2H3,(H2,11,12,13,14,15,16). The zero-order valence-corrected chi connectivity index (χ0v) is 9.54. The summed E-state index contributed by atoms with van der Waals surface area (Å²) in [5, 5.41) is 2.80. The van der Waals surface area contributed by atoms with Gasteiger partial charge in [0.25, 0.3) is 0 Å². The Hall–Kier alpha value is -1.69. The fourth-order valence-corrected chi connectivity index (χ4v) is 1.33. The number of nitrogens with zero attached hydrogens (tertiary/aromatic N) is 3. The van der Waals surface area contributed by atoms with E-state index in [-0.39, 0.29) is 22.9 Å². The Morgan fingerprint density at radius 3 is 2.94 bits per heavy atom. The zero-order valence-electron chi connectivity index (χ0n) is 8.78. The molecule has 0 fully saturated rings. The topological polar surface area (TPSA) is 83.6 Å². The van der Waals surface area contributed by atoms with Gasteiger partial charge < -0.3 is 4.98 Å². The lowest BCUT2D eigenvalue weighted by atomic mass is 10.2. The van der Waals surface area contributed by atoms with Gasteiger partial charge in [-0.25, -0.2) is 4.98 Å². The van der Waals surface area contributed by atoms with E-state index in [1.165, 1.54) is 6.33 Å². The second-order valence-electron chi connectivity index (χ2n) is 3.58. The molecule has 0 spiro atoms. The van der Waals surface area contributed by atoms with Gasteiger partial charge in [0.05, 0.1) is 6.33 Å². The molecule has 2 heterocycles. The number of aromatic amines is 1. The zero-order chi connectivity index (χ0) is 11.7. The SMILES string of the molecule is CC(C)C(=O)Nc1nc(Cl)c2[nH]cnc2n1. The number of carbonyl (C=O) groups excluding carboxylic acids is 1. The first-order valence-electron chi connectivity index (χ1n) is 4.75. The van der Waals surface area contributed by atoms with Crippen molar-refractivity contribution in [3.8, 4) is 0 Å². The van der Waals surface area contributed by atoms with Gasteiger partial charge in [-0.3, -0.25) is 10.1 Å². The van der Waals surface area contributed by atoms with Crippen molar-refractivity contribution in [2.45, 2.75) is 13.8 Å². The lowest BCUT2D eigenvalue weighted by molar-refractivity contribution is -0.118. The Bertz CT molecular complexity index is 536. The van der Waals surface area contributed by atoms with Crippen molar-refractivity contribution in [1.82, 2.24) is 19.9 Å². The van der Waals surface area contributed by atoms with Crippen LogP contribution in [0.1, 0.15) is 13.8 Å². The summed E-state index contributed by atoms with van der Waals surface area (Å²) in [4.78, 5) is 26.2. The molecule has 2 N–H and O–H groups in total. The van der Waals surface area contributed by atoms with Crippen LogP contribution >= 0.6 is 11.6 Å². The molecule has 0 aliphatic carbocycles. The number of aromatic nitrogens is 4. The molecule has 0 radical (unpaired) electrons. The van der Waals surface area contributed by atoms with Crippen LogP contribution in [0.2, 0.25) is 5.15 Å². The summed E-state index contributed by atoms with van der Waals surface area (Å²) in [6, 6.07) is 0. The predicted octanol–water partition coefficient (Wildman–Crippen LogP) is 1.60. The minimum Gasteiger partial charge on any atom is -0.341 e. The minimum atomic E-state index is -0.161. The summed E-state index contributed by atoms with van der Waals surface area (Å²) < 4.78 is 0. The molecule has 7 heteroatoms. The van der Waals surface area contributed by atoms with Crippen LogP contribution in [0.5, 0.6) is 0 Å². The summed E-state index contributed by atoms with van der Waals surface area (Å²) in [6.45, 7) is 3.56. The number of fused-ring (bicyclic) bond motifs is 1. The molecule has 1 amide bonds. The van der Waals surface area contributed by atoms with Gasteiger partial charge in [0, 0.05) is 5.92 Å². The molecular formula is C9H10ClN5O. The van der Waals surface area contributed by atoms with Gasteiger partial charge >= 0.3 is 0 Å². The smallest absolute Gasteiger partial charge is 0.233 e. The van der Waals surface area contributed by atoms with Gasteiger partial charge in [0.15, 0.2) is 10.8 Å². The molecule has 84 valence electrons. The maximum Gasteiger partial charge on any atom is 0.233 e. The van der Waals surface area contributed by atoms with Crippen molar-refractivity contribution in [3.63, 3.8) is 0 Å². The fourth-order valence-electron chi connectivity index (χ4n) is 1.11. The highest BCUT2D eigenvalue weighted by Gasteiger charge is 2.12. The minimum absolute atomic E-state index is 0.141. The number of nitrogens with one attached hydrogen (secondary N) is 2. The van der Waals surface area contributed by atoms with Crippen LogP contribution in [0, 0.1) is 5.92 Å². The molecule has 6 nitrogen and oxygen atoms in total. The van der Waals surface area contributed by atoms with E-state index in [0.29, 0.717) is 11.2 Å². The molecule has 0 saturated carbocycles. The van der Waals surface area contributed by atoms with Gasteiger partial charge in [-0.15, -0.1) is 0 Å². The van der Waals surface area contributed by atoms with Gasteiger partial charge in [-0.2, -0.15) is 9.97 Å². The molecule has 16 heavy (non-hydrogen) atoms. The highest BCUT2D eigenvalue weighted by Crippen LogP contribution is 2.18. The number of rotatable bonds is 2. The number of amides is 1. The normalized spacial score (nSPS) is 11.0. The van der Waals surface area contributed by atoms with E-state index in [9.17, 15) is 4.79 Å². The molecular weight excluding hydrogens is 230 g/mol. The molecule has 0 aromatic carbocycles. The predicted molar refractivity (Wildman–Crippen MR) is 60.2 cm³/mol. The third kappa shape index (κ3) is 1.96. The van der Waals surface area contributed by atoms with Crippen LogP contribution in [0.3, 0.4) is 0 Å². The Balaban J connectivity index is 2.35. The Morgan fingerprint density at radius 2 is 2.25 bits per heavy atom. The Morgan fingerprint density at radius 1 is 1.50 bits per heavy atom. The lowest BCUT2D eigenvalue weighted by Gasteiger charge is -2.05. The number of carbonyl (C=O) groups is 1. The number of hydrogen-bond donors (Lipinski definition) is 2. The number of hydrogen-bond acceptors (Lipinski definition) is 4. The molecule has 2 aromatic heterocycles. The summed E-state index contributed by atoms with van der Waals surface area (Å²) in [7, 11) is 0. The first-order valence-corrected chi connectivity index (χ1v) is 5.13. The lowest BCUT2D eigenvalue weighted by Crippen LogP contribution is -2.19. The highest BCUT2D eigenvalue weighted by atomic mass is 35.5. The van der Waals surface area contributed by atoms with Crippen LogP contribution < -0.4 is 5.32 Å². The van der Waals surface area contributed by atoms with Crippen molar-refractivity contribution in [2.75, 3.05) is 5.32 Å². The van der Waals surface area contributed by atoms with Crippen molar-refractivity contribution in [3.05, 3.63) is 11.5 Å². The molecule has 2 rings (SSSR count). The Kier molecular flexibility index (Phi) is 2.74. The third-order valence-electron chi connectivity index (χ3n) is 2.00. The van der Waals surface area contributed by atoms with Crippen molar-refractivity contribution < 1.29 is 4.79 Å². The average molecular weight is 240 g/mol. The number of imidazole rings is 1. The second-order valence-corrected chi connectivity index (χ2v) is 3.94. The van der Waals surface area contributed by atoms with E-state index in [1.54, 1.807) is 13.8 Å². The number of anilines is 1. The first-order chi connectivity index (χ1) is 7.58. The maximum absolute atomic E-state index is 11.4. The quantitative estimate of drug-likeness (QED) is 0.780. The van der Waals surface area contributed by atoms with Crippen LogP contribution in [-0.4, -0.2) is 25.8 Å². The average Bonchev–Trinajstić information content (AvgIpc) is 2.65. The molecule has 0 bridgehead atoms. The van der Waals surface area contributed by atoms with E-state index < -0.39 is 0 Å². The third-order valence-corrected chi connectivity index (χ3v) is 2.27. The van der Waals surface area contributed by atoms with Crippen LogP contribution in [-0.2, 0) is 4.79 Å². The van der Waals surface area contributed by atoms with Crippen LogP contribution in [0.25, 0.3) is 11.2 Å². The summed E-state index contributed by atoms with van der Waals surface area (Å²) in [5.74, 6) is -0.133. The van der Waals surface area contributed by atoms with Crippen molar-refractivity contribution in [1.29, 1.82) is 0 Å². The fraction of sp³-hybridized carbons (Fsp3) is 0.333. The molecule has 2 aromatic rings. The van der Waals surface area contributed by atoms with Crippen LogP contribution in [0.4, 0.5) is 5.95 Å². The van der Waals surface area contributed by atoms with E-state index in [4.69, 9.17) is 11.6 Å². The van der Waals surface area contributed by atoms with Gasteiger partial charge in [0.2, 0.25) is 11.9 Å². The first kappa shape index (κ1) is 10.8. The maximum atomic E-state index is 11.4. The van der Waals surface area contributed by atoms with E-state index in [0.717, 1.165) is 0 Å². The van der Waals surface area contributed by atoms with Crippen molar-refractivity contribution >= 4 is 34.6 Å². The number of H-pyrrole nitrogens is 1. The Labute approximate surface area is 96.5 Å². The van der Waals surface area contributed by atoms with Gasteiger partial charge in [-0.1, -0.05) is 25.4 Å². The van der Waals surface area contributed by atoms with E-state index in [1.807, 2.05) is 0 Å². The largest absolute Gasteiger partial charge is 0.341 e. The van der Waals surface area contributed by atoms with Gasteiger partial charge in [0.1, 0.15) is 5.52 Å².